The van der Waals surface area contributed by atoms with Gasteiger partial charge in [0.1, 0.15) is 11.5 Å². The van der Waals surface area contributed by atoms with Crippen molar-refractivity contribution in [1.29, 1.82) is 0 Å². The number of rotatable bonds is 5. The zero-order valence-corrected chi connectivity index (χ0v) is 17.5. The molecule has 1 amide bonds. The van der Waals surface area contributed by atoms with E-state index in [2.05, 4.69) is 10.4 Å². The monoisotopic (exact) mass is 463 g/mol. The molecule has 0 fully saturated rings. The Bertz CT molecular complexity index is 1170. The third-order valence-corrected chi connectivity index (χ3v) is 5.43. The highest BCUT2D eigenvalue weighted by Crippen LogP contribution is 2.31. The number of aryl methyl sites for hydroxylation is 1. The normalized spacial score (nSPS) is 15.2. The molecule has 0 spiro atoms. The van der Waals surface area contributed by atoms with Gasteiger partial charge in [-0.05, 0) is 55.0 Å². The number of primary amides is 1. The molecular weight excluding hydrogens is 442 g/mol. The number of halogens is 4. The number of benzene rings is 2. The van der Waals surface area contributed by atoms with E-state index in [0.717, 1.165) is 12.1 Å². The summed E-state index contributed by atoms with van der Waals surface area (Å²) in [7, 11) is 0. The summed E-state index contributed by atoms with van der Waals surface area (Å²) in [6.45, 7) is 2.46. The number of anilines is 1. The van der Waals surface area contributed by atoms with Crippen LogP contribution in [-0.2, 0) is 19.3 Å². The summed E-state index contributed by atoms with van der Waals surface area (Å²) in [4.78, 5) is 13.9. The molecular formula is C22H21F4N5O2. The molecule has 0 saturated heterocycles. The average molecular weight is 463 g/mol. The minimum Gasteiger partial charge on any atom is -0.365 e. The molecule has 4 rings (SSSR count). The van der Waals surface area contributed by atoms with Crippen LogP contribution in [-0.4, -0.2) is 38.6 Å². The third kappa shape index (κ3) is 4.69. The van der Waals surface area contributed by atoms with Crippen molar-refractivity contribution in [2.75, 3.05) is 11.9 Å². The quantitative estimate of drug-likeness (QED) is 0.399. The Balaban J connectivity index is 1.57. The first kappa shape index (κ1) is 22.7. The first-order chi connectivity index (χ1) is 15.5. The zero-order valence-electron chi connectivity index (χ0n) is 17.5. The van der Waals surface area contributed by atoms with E-state index in [9.17, 15) is 27.5 Å². The van der Waals surface area contributed by atoms with Crippen LogP contribution in [0.1, 0.15) is 27.2 Å². The maximum atomic E-state index is 13.9. The summed E-state index contributed by atoms with van der Waals surface area (Å²) >= 11 is 0. The smallest absolute Gasteiger partial charge is 0.365 e. The number of alkyl halides is 3. The van der Waals surface area contributed by atoms with Crippen LogP contribution in [0.2, 0.25) is 0 Å². The van der Waals surface area contributed by atoms with Crippen molar-refractivity contribution >= 4 is 11.6 Å². The Morgan fingerprint density at radius 3 is 2.48 bits per heavy atom. The standard InChI is InChI=1S/C22H21F4N5O2/c1-12-8-13(10-15(23)9-12)19-18(20(27)32)17-11-30(6-7-31(17)29-19)21(33)28-16-4-2-14(3-5-16)22(24,25)26/h2-5,8-10,21,28,33H,6-7,11H2,1H3,(H2,27,32). The number of aliphatic hydroxyl groups excluding tert-OH is 1. The molecule has 1 atom stereocenters. The predicted octanol–water partition coefficient (Wildman–Crippen LogP) is 3.32. The van der Waals surface area contributed by atoms with E-state index in [1.54, 1.807) is 22.6 Å². The molecule has 1 aliphatic rings. The van der Waals surface area contributed by atoms with Gasteiger partial charge in [-0.3, -0.25) is 14.4 Å². The minimum absolute atomic E-state index is 0.0916. The van der Waals surface area contributed by atoms with E-state index in [4.69, 9.17) is 5.73 Å². The number of nitrogens with one attached hydrogen (secondary N) is 1. The molecule has 33 heavy (non-hydrogen) atoms. The SMILES string of the molecule is Cc1cc(F)cc(-c2nn3c(c2C(N)=O)CN(C(O)Nc2ccc(C(F)(F)F)cc2)CC3)c1. The first-order valence-electron chi connectivity index (χ1n) is 10.1. The molecule has 0 saturated carbocycles. The van der Waals surface area contributed by atoms with Crippen molar-refractivity contribution in [3.05, 3.63) is 70.7 Å². The molecule has 0 bridgehead atoms. The Morgan fingerprint density at radius 1 is 1.18 bits per heavy atom. The molecule has 7 nitrogen and oxygen atoms in total. The van der Waals surface area contributed by atoms with Gasteiger partial charge in [0.05, 0.1) is 23.4 Å². The van der Waals surface area contributed by atoms with Gasteiger partial charge in [0.15, 0.2) is 6.35 Å². The highest BCUT2D eigenvalue weighted by molar-refractivity contribution is 6.00. The van der Waals surface area contributed by atoms with Gasteiger partial charge in [0, 0.05) is 24.3 Å². The molecule has 1 aromatic heterocycles. The van der Waals surface area contributed by atoms with Crippen molar-refractivity contribution in [3.63, 3.8) is 0 Å². The fraction of sp³-hybridized carbons (Fsp3) is 0.273. The molecule has 2 aromatic carbocycles. The predicted molar refractivity (Wildman–Crippen MR) is 112 cm³/mol. The van der Waals surface area contributed by atoms with Crippen LogP contribution >= 0.6 is 0 Å². The number of carbonyl (C=O) groups excluding carboxylic acids is 1. The molecule has 1 aliphatic heterocycles. The Hall–Kier alpha value is -3.44. The second-order valence-electron chi connectivity index (χ2n) is 7.84. The van der Waals surface area contributed by atoms with Crippen molar-refractivity contribution < 1.29 is 27.5 Å². The Labute approximate surface area is 186 Å². The maximum absolute atomic E-state index is 13.9. The van der Waals surface area contributed by atoms with Gasteiger partial charge in [-0.15, -0.1) is 0 Å². The van der Waals surface area contributed by atoms with Crippen molar-refractivity contribution in [3.8, 4) is 11.3 Å². The highest BCUT2D eigenvalue weighted by atomic mass is 19.4. The van der Waals surface area contributed by atoms with Crippen LogP contribution in [0, 0.1) is 12.7 Å². The van der Waals surface area contributed by atoms with Crippen molar-refractivity contribution in [2.24, 2.45) is 5.73 Å². The molecule has 0 radical (unpaired) electrons. The van der Waals surface area contributed by atoms with Crippen molar-refractivity contribution in [1.82, 2.24) is 14.7 Å². The van der Waals surface area contributed by atoms with E-state index in [-0.39, 0.29) is 17.8 Å². The minimum atomic E-state index is -4.45. The number of carbonyl (C=O) groups is 1. The molecule has 4 N–H and O–H groups in total. The number of aliphatic hydroxyl groups is 1. The summed E-state index contributed by atoms with van der Waals surface area (Å²) in [5.41, 5.74) is 7.03. The molecule has 3 aromatic rings. The van der Waals surface area contributed by atoms with Crippen molar-refractivity contribution in [2.45, 2.75) is 32.5 Å². The second-order valence-corrected chi connectivity index (χ2v) is 7.84. The number of hydrogen-bond acceptors (Lipinski definition) is 5. The van der Waals surface area contributed by atoms with Gasteiger partial charge < -0.3 is 16.2 Å². The summed E-state index contributed by atoms with van der Waals surface area (Å²) < 4.78 is 53.7. The van der Waals surface area contributed by atoms with Crippen LogP contribution < -0.4 is 11.1 Å². The highest BCUT2D eigenvalue weighted by Gasteiger charge is 2.31. The van der Waals surface area contributed by atoms with E-state index >= 15 is 0 Å². The topological polar surface area (TPSA) is 96.4 Å². The fourth-order valence-corrected chi connectivity index (χ4v) is 3.88. The summed E-state index contributed by atoms with van der Waals surface area (Å²) in [5.74, 6) is -1.20. The number of nitrogens with two attached hydrogens (primary N) is 1. The largest absolute Gasteiger partial charge is 0.416 e. The van der Waals surface area contributed by atoms with Gasteiger partial charge >= 0.3 is 6.18 Å². The average Bonchev–Trinajstić information content (AvgIpc) is 3.12. The van der Waals surface area contributed by atoms with Crippen LogP contribution in [0.3, 0.4) is 0 Å². The zero-order chi connectivity index (χ0) is 23.9. The first-order valence-corrected chi connectivity index (χ1v) is 10.1. The van der Waals surface area contributed by atoms with Crippen LogP contribution in [0.15, 0.2) is 42.5 Å². The van der Waals surface area contributed by atoms with E-state index in [1.165, 1.54) is 24.3 Å². The Kier molecular flexibility index (Phi) is 5.85. The van der Waals surface area contributed by atoms with Crippen LogP contribution in [0.5, 0.6) is 0 Å². The molecule has 11 heteroatoms. The van der Waals surface area contributed by atoms with Gasteiger partial charge in [-0.2, -0.15) is 18.3 Å². The van der Waals surface area contributed by atoms with E-state index in [1.807, 2.05) is 0 Å². The summed E-state index contributed by atoms with van der Waals surface area (Å²) in [6.07, 6.45) is -5.70. The second kappa shape index (κ2) is 8.49. The molecule has 1 unspecified atom stereocenters. The molecule has 0 aliphatic carbocycles. The molecule has 174 valence electrons. The number of aromatic nitrogens is 2. The van der Waals surface area contributed by atoms with Gasteiger partial charge in [0.25, 0.3) is 5.91 Å². The van der Waals surface area contributed by atoms with E-state index in [0.29, 0.717) is 35.6 Å². The lowest BCUT2D eigenvalue weighted by Gasteiger charge is -2.32. The third-order valence-electron chi connectivity index (χ3n) is 5.43. The fourth-order valence-electron chi connectivity index (χ4n) is 3.88. The number of hydrogen-bond donors (Lipinski definition) is 3. The molecule has 2 heterocycles. The number of nitrogens with zero attached hydrogens (tertiary/aromatic N) is 3. The summed E-state index contributed by atoms with van der Waals surface area (Å²) in [6, 6.07) is 8.60. The van der Waals surface area contributed by atoms with E-state index < -0.39 is 29.8 Å². The number of amides is 1. The lowest BCUT2D eigenvalue weighted by molar-refractivity contribution is -0.137. The lowest BCUT2D eigenvalue weighted by atomic mass is 10.0. The summed E-state index contributed by atoms with van der Waals surface area (Å²) in [5, 5.41) is 17.8. The van der Waals surface area contributed by atoms with Gasteiger partial charge in [-0.25, -0.2) is 4.39 Å². The lowest BCUT2D eigenvalue weighted by Crippen LogP contribution is -2.45. The Morgan fingerprint density at radius 2 is 1.88 bits per heavy atom. The van der Waals surface area contributed by atoms with Crippen LogP contribution in [0.25, 0.3) is 11.3 Å². The van der Waals surface area contributed by atoms with Gasteiger partial charge in [0.2, 0.25) is 0 Å². The number of fused-ring (bicyclic) bond motifs is 1. The van der Waals surface area contributed by atoms with Gasteiger partial charge in [-0.1, -0.05) is 0 Å². The maximum Gasteiger partial charge on any atom is 0.416 e. The van der Waals surface area contributed by atoms with Crippen LogP contribution in [0.4, 0.5) is 23.2 Å².